The molecule has 29 heavy (non-hydrogen) atoms. The summed E-state index contributed by atoms with van der Waals surface area (Å²) < 4.78 is 12.5. The molecular formula is C22H27N3O3Si. The van der Waals surface area contributed by atoms with Gasteiger partial charge in [-0.3, -0.25) is 4.79 Å². The third-order valence-electron chi connectivity index (χ3n) is 5.40. The van der Waals surface area contributed by atoms with Crippen LogP contribution in [0.3, 0.4) is 0 Å². The zero-order chi connectivity index (χ0) is 20.9. The van der Waals surface area contributed by atoms with Crippen molar-refractivity contribution in [3.63, 3.8) is 0 Å². The number of rotatable bonds is 7. The number of nitrogens with zero attached hydrogens (tertiary/aromatic N) is 3. The van der Waals surface area contributed by atoms with Gasteiger partial charge in [0.05, 0.1) is 12.6 Å². The van der Waals surface area contributed by atoms with E-state index in [-0.39, 0.29) is 17.6 Å². The lowest BCUT2D eigenvalue weighted by Gasteiger charge is -2.45. The van der Waals surface area contributed by atoms with Crippen LogP contribution in [0.25, 0.3) is 10.4 Å². The second-order valence-corrected chi connectivity index (χ2v) is 12.6. The fourth-order valence-electron chi connectivity index (χ4n) is 4.07. The molecule has 2 aromatic carbocycles. The van der Waals surface area contributed by atoms with E-state index in [0.717, 1.165) is 10.4 Å². The van der Waals surface area contributed by atoms with E-state index in [1.165, 1.54) is 0 Å². The second kappa shape index (κ2) is 8.82. The molecule has 0 bridgehead atoms. The van der Waals surface area contributed by atoms with Gasteiger partial charge in [0.25, 0.3) is 8.32 Å². The lowest BCUT2D eigenvalue weighted by atomic mass is 10.1. The molecule has 1 saturated heterocycles. The standard InChI is InChI=1S/C22H27N3O3Si/c1-22(2,3)29(17-10-6-4-7-11-17,18-12-8-5-9-13-18)28-20(16-24-25-23)19-14-15-21(26)27-19/h4-13,19-20H,14-16H2,1-3H3/t19-,20-/m0/s1. The summed E-state index contributed by atoms with van der Waals surface area (Å²) in [6.07, 6.45) is 0.0304. The van der Waals surface area contributed by atoms with Crippen LogP contribution in [0.15, 0.2) is 65.8 Å². The number of carbonyl (C=O) groups excluding carboxylic acids is 1. The summed E-state index contributed by atoms with van der Waals surface area (Å²) in [6, 6.07) is 20.5. The predicted molar refractivity (Wildman–Crippen MR) is 116 cm³/mol. The summed E-state index contributed by atoms with van der Waals surface area (Å²) in [5, 5.41) is 5.83. The molecule has 7 heteroatoms. The van der Waals surface area contributed by atoms with Crippen LogP contribution in [-0.2, 0) is 14.0 Å². The second-order valence-electron chi connectivity index (χ2n) is 8.30. The monoisotopic (exact) mass is 409 g/mol. The number of carbonyl (C=O) groups is 1. The summed E-state index contributed by atoms with van der Waals surface area (Å²) in [5.41, 5.74) is 8.91. The molecule has 3 rings (SSSR count). The molecule has 2 atom stereocenters. The smallest absolute Gasteiger partial charge is 0.306 e. The van der Waals surface area contributed by atoms with Gasteiger partial charge in [0.1, 0.15) is 6.10 Å². The van der Waals surface area contributed by atoms with Crippen LogP contribution in [0.4, 0.5) is 0 Å². The molecule has 0 amide bonds. The number of esters is 1. The minimum Gasteiger partial charge on any atom is -0.460 e. The molecule has 6 nitrogen and oxygen atoms in total. The lowest BCUT2D eigenvalue weighted by Crippen LogP contribution is -2.68. The minimum absolute atomic E-state index is 0.124. The average Bonchev–Trinajstić information content (AvgIpc) is 3.15. The van der Waals surface area contributed by atoms with E-state index in [2.05, 4.69) is 55.1 Å². The molecule has 0 aromatic heterocycles. The van der Waals surface area contributed by atoms with Crippen LogP contribution in [0.5, 0.6) is 0 Å². The van der Waals surface area contributed by atoms with E-state index >= 15 is 0 Å². The van der Waals surface area contributed by atoms with Crippen molar-refractivity contribution in [2.24, 2.45) is 5.11 Å². The van der Waals surface area contributed by atoms with Gasteiger partial charge in [0.15, 0.2) is 0 Å². The molecule has 0 aliphatic carbocycles. The predicted octanol–water partition coefficient (Wildman–Crippen LogP) is 3.95. The maximum atomic E-state index is 11.8. The van der Waals surface area contributed by atoms with Crippen molar-refractivity contribution in [2.45, 2.75) is 50.9 Å². The Morgan fingerprint density at radius 2 is 1.69 bits per heavy atom. The quantitative estimate of drug-likeness (QED) is 0.228. The van der Waals surface area contributed by atoms with Gasteiger partial charge in [-0.25, -0.2) is 0 Å². The van der Waals surface area contributed by atoms with Crippen LogP contribution in [0.2, 0.25) is 5.04 Å². The first-order valence-corrected chi connectivity index (χ1v) is 11.8. The van der Waals surface area contributed by atoms with Crippen molar-refractivity contribution in [1.29, 1.82) is 0 Å². The van der Waals surface area contributed by atoms with Crippen molar-refractivity contribution < 1.29 is 14.0 Å². The van der Waals surface area contributed by atoms with Crippen molar-refractivity contribution in [3.8, 4) is 0 Å². The van der Waals surface area contributed by atoms with E-state index in [1.54, 1.807) is 0 Å². The highest BCUT2D eigenvalue weighted by Crippen LogP contribution is 2.38. The number of azide groups is 1. The van der Waals surface area contributed by atoms with Crippen molar-refractivity contribution in [3.05, 3.63) is 71.1 Å². The maximum absolute atomic E-state index is 11.8. The number of hydrogen-bond acceptors (Lipinski definition) is 4. The van der Waals surface area contributed by atoms with Gasteiger partial charge in [-0.05, 0) is 27.4 Å². The Hall–Kier alpha value is -2.60. The Balaban J connectivity index is 2.15. The van der Waals surface area contributed by atoms with Crippen molar-refractivity contribution in [1.82, 2.24) is 0 Å². The Morgan fingerprint density at radius 3 is 2.10 bits per heavy atom. The van der Waals surface area contributed by atoms with Gasteiger partial charge in [0.2, 0.25) is 0 Å². The van der Waals surface area contributed by atoms with E-state index < -0.39 is 20.5 Å². The molecule has 0 spiro atoms. The zero-order valence-electron chi connectivity index (χ0n) is 17.1. The van der Waals surface area contributed by atoms with Gasteiger partial charge < -0.3 is 9.16 Å². The Bertz CT molecular complexity index is 838. The first kappa shape index (κ1) is 21.1. The Kier molecular flexibility index (Phi) is 6.42. The third-order valence-corrected chi connectivity index (χ3v) is 10.5. The summed E-state index contributed by atoms with van der Waals surface area (Å²) in [7, 11) is -2.83. The van der Waals surface area contributed by atoms with Gasteiger partial charge in [-0.15, -0.1) is 0 Å². The number of ether oxygens (including phenoxy) is 1. The molecule has 1 aliphatic rings. The van der Waals surface area contributed by atoms with E-state index in [4.69, 9.17) is 14.7 Å². The molecule has 0 N–H and O–H groups in total. The van der Waals surface area contributed by atoms with Crippen molar-refractivity contribution in [2.75, 3.05) is 6.54 Å². The highest BCUT2D eigenvalue weighted by atomic mass is 28.4. The first-order valence-electron chi connectivity index (χ1n) is 9.87. The zero-order valence-corrected chi connectivity index (χ0v) is 18.1. The SMILES string of the molecule is CC(C)(C)[Si](O[C@@H](CN=[N+]=[N-])[C@@H]1CCC(=O)O1)(c1ccccc1)c1ccccc1. The van der Waals surface area contributed by atoms with Crippen LogP contribution >= 0.6 is 0 Å². The molecule has 0 saturated carbocycles. The normalized spacial score (nSPS) is 18.0. The van der Waals surface area contributed by atoms with Crippen LogP contribution in [0, 0.1) is 0 Å². The van der Waals surface area contributed by atoms with E-state index in [1.807, 2.05) is 36.4 Å². The fourth-order valence-corrected chi connectivity index (χ4v) is 8.77. The molecular weight excluding hydrogens is 382 g/mol. The summed E-state index contributed by atoms with van der Waals surface area (Å²) in [4.78, 5) is 14.7. The van der Waals surface area contributed by atoms with Gasteiger partial charge in [-0.2, -0.15) is 0 Å². The summed E-state index contributed by atoms with van der Waals surface area (Å²) in [6.45, 7) is 6.68. The topological polar surface area (TPSA) is 84.3 Å². The maximum Gasteiger partial charge on any atom is 0.306 e. The van der Waals surface area contributed by atoms with Crippen molar-refractivity contribution >= 4 is 24.7 Å². The third kappa shape index (κ3) is 4.37. The number of hydrogen-bond donors (Lipinski definition) is 0. The van der Waals surface area contributed by atoms with Gasteiger partial charge in [-0.1, -0.05) is 86.5 Å². The summed E-state index contributed by atoms with van der Waals surface area (Å²) >= 11 is 0. The molecule has 0 radical (unpaired) electrons. The molecule has 0 unspecified atom stereocenters. The molecule has 1 aliphatic heterocycles. The minimum atomic E-state index is -2.83. The van der Waals surface area contributed by atoms with Gasteiger partial charge >= 0.3 is 5.97 Å². The molecule has 1 heterocycles. The van der Waals surface area contributed by atoms with Gasteiger partial charge in [0, 0.05) is 11.3 Å². The van der Waals surface area contributed by atoms with E-state index in [0.29, 0.717) is 12.8 Å². The average molecular weight is 410 g/mol. The fraction of sp³-hybridized carbons (Fsp3) is 0.409. The highest BCUT2D eigenvalue weighted by molar-refractivity contribution is 6.99. The first-order chi connectivity index (χ1) is 13.9. The molecule has 2 aromatic rings. The van der Waals surface area contributed by atoms with Crippen LogP contribution in [-0.4, -0.2) is 33.0 Å². The van der Waals surface area contributed by atoms with Crippen LogP contribution in [0.1, 0.15) is 33.6 Å². The Labute approximate surface area is 172 Å². The van der Waals surface area contributed by atoms with Crippen LogP contribution < -0.4 is 10.4 Å². The number of benzene rings is 2. The molecule has 1 fully saturated rings. The summed E-state index contributed by atoms with van der Waals surface area (Å²) in [5.74, 6) is -0.230. The van der Waals surface area contributed by atoms with E-state index in [9.17, 15) is 4.79 Å². The molecule has 152 valence electrons. The highest BCUT2D eigenvalue weighted by Gasteiger charge is 2.52. The Morgan fingerprint density at radius 1 is 1.14 bits per heavy atom. The lowest BCUT2D eigenvalue weighted by molar-refractivity contribution is -0.144. The largest absolute Gasteiger partial charge is 0.460 e. The number of cyclic esters (lactones) is 1.